The lowest BCUT2D eigenvalue weighted by atomic mass is 9.93. The molecule has 1 unspecified atom stereocenters. The molecule has 5 heteroatoms. The molecular weight excluding hydrogens is 340 g/mol. The summed E-state index contributed by atoms with van der Waals surface area (Å²) in [4.78, 5) is 29.3. The van der Waals surface area contributed by atoms with Crippen molar-refractivity contribution >= 4 is 33.5 Å². The van der Waals surface area contributed by atoms with Crippen LogP contribution in [0, 0.1) is 0 Å². The van der Waals surface area contributed by atoms with Crippen molar-refractivity contribution in [2.75, 3.05) is 0 Å². The van der Waals surface area contributed by atoms with Crippen LogP contribution in [-0.2, 0) is 9.63 Å². The molecule has 2 amide bonds. The summed E-state index contributed by atoms with van der Waals surface area (Å²) in [5.41, 5.74) is 1.52. The van der Waals surface area contributed by atoms with Gasteiger partial charge in [0, 0.05) is 6.42 Å². The van der Waals surface area contributed by atoms with Gasteiger partial charge in [-0.15, -0.1) is 5.06 Å². The van der Waals surface area contributed by atoms with Crippen molar-refractivity contribution in [1.82, 2.24) is 10.4 Å². The van der Waals surface area contributed by atoms with Gasteiger partial charge in [0.05, 0.1) is 11.7 Å². The molecule has 3 aromatic rings. The number of nitrogens with zero attached hydrogens (tertiary/aromatic N) is 1. The van der Waals surface area contributed by atoms with Gasteiger partial charge in [0.25, 0.3) is 5.91 Å². The number of benzene rings is 3. The number of carbonyl (C=O) groups is 2. The second-order valence-electron chi connectivity index (χ2n) is 6.73. The van der Waals surface area contributed by atoms with Gasteiger partial charge in [-0.25, -0.2) is 4.79 Å². The summed E-state index contributed by atoms with van der Waals surface area (Å²) in [6.45, 7) is 5.67. The van der Waals surface area contributed by atoms with E-state index in [2.05, 4.69) is 30.1 Å². The van der Waals surface area contributed by atoms with Gasteiger partial charge >= 0.3 is 6.09 Å². The number of hydrogen-bond acceptors (Lipinski definition) is 3. The predicted octanol–water partition coefficient (Wildman–Crippen LogP) is 4.83. The Morgan fingerprint density at radius 3 is 2.22 bits per heavy atom. The maximum Gasteiger partial charge on any atom is 0.432 e. The number of allylic oxidation sites excluding steroid dienone is 1. The fraction of sp³-hybridized carbons (Fsp3) is 0.182. The second kappa shape index (κ2) is 6.76. The molecule has 4 rings (SSSR count). The summed E-state index contributed by atoms with van der Waals surface area (Å²) < 4.78 is 0. The minimum atomic E-state index is -0.670. The third-order valence-electron chi connectivity index (χ3n) is 4.90. The van der Waals surface area contributed by atoms with Crippen LogP contribution in [0.5, 0.6) is 0 Å². The van der Waals surface area contributed by atoms with Crippen LogP contribution in [0.3, 0.4) is 0 Å². The van der Waals surface area contributed by atoms with E-state index >= 15 is 0 Å². The molecule has 1 atom stereocenters. The number of amides is 2. The Labute approximate surface area is 157 Å². The first kappa shape index (κ1) is 17.1. The number of rotatable bonds is 3. The van der Waals surface area contributed by atoms with Crippen molar-refractivity contribution in [3.63, 3.8) is 0 Å². The summed E-state index contributed by atoms with van der Waals surface area (Å²) in [6, 6.07) is 18.0. The van der Waals surface area contributed by atoms with Crippen LogP contribution in [0.4, 0.5) is 4.79 Å². The number of hydroxylamine groups is 2. The number of carbonyl (C=O) groups excluding carboxylic acids is 2. The highest BCUT2D eigenvalue weighted by Gasteiger charge is 2.29. The summed E-state index contributed by atoms with van der Waals surface area (Å²) >= 11 is 0. The van der Waals surface area contributed by atoms with E-state index in [1.165, 1.54) is 0 Å². The maximum atomic E-state index is 12.4. The number of hydrogen-bond donors (Lipinski definition) is 1. The molecule has 0 aromatic heterocycles. The smallest absolute Gasteiger partial charge is 0.314 e. The Kier molecular flexibility index (Phi) is 4.28. The van der Waals surface area contributed by atoms with Gasteiger partial charge in [-0.2, -0.15) is 0 Å². The standard InChI is InChI=1S/C22H20N2O3/c1-14-11-12-20(25)24(14)27-22(26)23-15(2)21-18-9-5-3-7-16(18)13-17-8-4-6-10-19(17)21/h3-10,13,15H,1,11-12H2,2H3,(H,23,26). The molecule has 0 saturated carbocycles. The van der Waals surface area contributed by atoms with Crippen molar-refractivity contribution in [2.24, 2.45) is 0 Å². The largest absolute Gasteiger partial charge is 0.432 e. The van der Waals surface area contributed by atoms with E-state index in [1.807, 2.05) is 43.3 Å². The molecule has 1 fully saturated rings. The fourth-order valence-corrected chi connectivity index (χ4v) is 3.62. The average Bonchev–Trinajstić information content (AvgIpc) is 2.97. The van der Waals surface area contributed by atoms with Crippen LogP contribution in [0.25, 0.3) is 21.5 Å². The molecule has 136 valence electrons. The van der Waals surface area contributed by atoms with Gasteiger partial charge in [0.1, 0.15) is 0 Å². The van der Waals surface area contributed by atoms with Gasteiger partial charge in [0.15, 0.2) is 0 Å². The molecule has 1 aliphatic heterocycles. The molecule has 0 bridgehead atoms. The lowest BCUT2D eigenvalue weighted by Crippen LogP contribution is -2.35. The van der Waals surface area contributed by atoms with Crippen LogP contribution < -0.4 is 5.32 Å². The Morgan fingerprint density at radius 2 is 1.67 bits per heavy atom. The van der Waals surface area contributed by atoms with Gasteiger partial charge < -0.3 is 10.2 Å². The molecule has 27 heavy (non-hydrogen) atoms. The molecule has 0 aliphatic carbocycles. The van der Waals surface area contributed by atoms with E-state index in [0.29, 0.717) is 18.5 Å². The lowest BCUT2D eigenvalue weighted by molar-refractivity contribution is -0.152. The molecule has 3 aromatic carbocycles. The van der Waals surface area contributed by atoms with Crippen LogP contribution in [-0.4, -0.2) is 17.1 Å². The highest BCUT2D eigenvalue weighted by Crippen LogP contribution is 2.33. The van der Waals surface area contributed by atoms with Crippen molar-refractivity contribution in [3.05, 3.63) is 72.4 Å². The molecule has 0 spiro atoms. The normalized spacial score (nSPS) is 15.4. The van der Waals surface area contributed by atoms with E-state index in [1.54, 1.807) is 0 Å². The minimum Gasteiger partial charge on any atom is -0.314 e. The van der Waals surface area contributed by atoms with Crippen molar-refractivity contribution in [3.8, 4) is 0 Å². The van der Waals surface area contributed by atoms with E-state index < -0.39 is 6.09 Å². The van der Waals surface area contributed by atoms with Gasteiger partial charge in [-0.3, -0.25) is 4.79 Å². The third-order valence-corrected chi connectivity index (χ3v) is 4.90. The Balaban J connectivity index is 1.67. The quantitative estimate of drug-likeness (QED) is 0.681. The molecule has 1 saturated heterocycles. The lowest BCUT2D eigenvalue weighted by Gasteiger charge is -2.21. The van der Waals surface area contributed by atoms with Gasteiger partial charge in [0.2, 0.25) is 0 Å². The molecule has 5 nitrogen and oxygen atoms in total. The van der Waals surface area contributed by atoms with Crippen LogP contribution in [0.15, 0.2) is 66.9 Å². The molecule has 1 N–H and O–H groups in total. The van der Waals surface area contributed by atoms with Crippen LogP contribution in [0.1, 0.15) is 31.4 Å². The fourth-order valence-electron chi connectivity index (χ4n) is 3.62. The number of nitrogens with one attached hydrogen (secondary N) is 1. The zero-order chi connectivity index (χ0) is 19.0. The van der Waals surface area contributed by atoms with E-state index in [0.717, 1.165) is 32.2 Å². The molecule has 1 aliphatic rings. The first-order valence-electron chi connectivity index (χ1n) is 8.94. The molecular formula is C22H20N2O3. The number of fused-ring (bicyclic) bond motifs is 2. The molecule has 0 radical (unpaired) electrons. The van der Waals surface area contributed by atoms with Crippen molar-refractivity contribution < 1.29 is 14.4 Å². The van der Waals surface area contributed by atoms with Gasteiger partial charge in [-0.1, -0.05) is 55.1 Å². The Bertz CT molecular complexity index is 1000. The predicted molar refractivity (Wildman–Crippen MR) is 105 cm³/mol. The maximum absolute atomic E-state index is 12.4. The monoisotopic (exact) mass is 360 g/mol. The average molecular weight is 360 g/mol. The topological polar surface area (TPSA) is 58.6 Å². The SMILES string of the molecule is C=C1CCC(=O)N1OC(=O)NC(C)c1c2ccccc2cc2ccccc12. The van der Waals surface area contributed by atoms with E-state index in [-0.39, 0.29) is 11.9 Å². The van der Waals surface area contributed by atoms with E-state index in [9.17, 15) is 9.59 Å². The minimum absolute atomic E-state index is 0.251. The van der Waals surface area contributed by atoms with Crippen molar-refractivity contribution in [1.29, 1.82) is 0 Å². The van der Waals surface area contributed by atoms with Gasteiger partial charge in [-0.05, 0) is 46.5 Å². The van der Waals surface area contributed by atoms with Crippen LogP contribution in [0.2, 0.25) is 0 Å². The highest BCUT2D eigenvalue weighted by molar-refractivity contribution is 6.02. The first-order valence-corrected chi connectivity index (χ1v) is 8.94. The zero-order valence-corrected chi connectivity index (χ0v) is 15.1. The first-order chi connectivity index (χ1) is 13.0. The second-order valence-corrected chi connectivity index (χ2v) is 6.73. The zero-order valence-electron chi connectivity index (χ0n) is 15.1. The van der Waals surface area contributed by atoms with Crippen LogP contribution >= 0.6 is 0 Å². The van der Waals surface area contributed by atoms with E-state index in [4.69, 9.17) is 4.84 Å². The Hall–Kier alpha value is -3.34. The summed E-state index contributed by atoms with van der Waals surface area (Å²) in [5, 5.41) is 8.21. The summed E-state index contributed by atoms with van der Waals surface area (Å²) in [5.74, 6) is -0.251. The Morgan fingerprint density at radius 1 is 1.07 bits per heavy atom. The van der Waals surface area contributed by atoms with Crippen molar-refractivity contribution in [2.45, 2.75) is 25.8 Å². The summed E-state index contributed by atoms with van der Waals surface area (Å²) in [7, 11) is 0. The highest BCUT2D eigenvalue weighted by atomic mass is 16.7. The summed E-state index contributed by atoms with van der Waals surface area (Å²) in [6.07, 6.45) is 0.154. The third kappa shape index (κ3) is 3.12. The molecule has 1 heterocycles.